The van der Waals surface area contributed by atoms with Gasteiger partial charge in [-0.15, -0.1) is 0 Å². The highest BCUT2D eigenvalue weighted by Gasteiger charge is 2.32. The summed E-state index contributed by atoms with van der Waals surface area (Å²) in [5, 5.41) is 0.872. The molecule has 15 heavy (non-hydrogen) atoms. The second-order valence-corrected chi connectivity index (χ2v) is 4.61. The Morgan fingerprint density at radius 3 is 2.87 bits per heavy atom. The molecule has 1 heterocycles. The number of benzene rings is 1. The van der Waals surface area contributed by atoms with E-state index in [1.165, 1.54) is 5.56 Å². The summed E-state index contributed by atoms with van der Waals surface area (Å²) in [5.41, 5.74) is 7.07. The Hall–Kier alpha value is -0.570. The van der Waals surface area contributed by atoms with Crippen molar-refractivity contribution < 1.29 is 0 Å². The standard InChI is InChI=1S/C12H17ClN2/c1-15-7-6-10(12(15)8-14)9-4-2-3-5-11(9)13/h2-5,10,12H,6-8,14H2,1H3. The minimum atomic E-state index is 0.435. The van der Waals surface area contributed by atoms with Gasteiger partial charge in [0.05, 0.1) is 0 Å². The SMILES string of the molecule is CN1CCC(c2ccccc2Cl)C1CN. The van der Waals surface area contributed by atoms with Crippen molar-refractivity contribution >= 4 is 11.6 Å². The zero-order valence-electron chi connectivity index (χ0n) is 8.99. The van der Waals surface area contributed by atoms with Crippen LogP contribution in [0.4, 0.5) is 0 Å². The molecule has 0 radical (unpaired) electrons. The number of hydrogen-bond donors (Lipinski definition) is 1. The van der Waals surface area contributed by atoms with Crippen molar-refractivity contribution in [2.75, 3.05) is 20.1 Å². The summed E-state index contributed by atoms with van der Waals surface area (Å²) < 4.78 is 0. The molecule has 2 atom stereocenters. The lowest BCUT2D eigenvalue weighted by atomic mass is 9.92. The van der Waals surface area contributed by atoms with Gasteiger partial charge in [-0.2, -0.15) is 0 Å². The molecule has 1 saturated heterocycles. The molecule has 0 bridgehead atoms. The lowest BCUT2D eigenvalue weighted by Gasteiger charge is -2.24. The minimum absolute atomic E-state index is 0.435. The average Bonchev–Trinajstić information content (AvgIpc) is 2.60. The molecule has 2 unspecified atom stereocenters. The van der Waals surface area contributed by atoms with Crippen LogP contribution in [0.15, 0.2) is 24.3 Å². The Kier molecular flexibility index (Phi) is 3.29. The highest BCUT2D eigenvalue weighted by molar-refractivity contribution is 6.31. The third-order valence-corrected chi connectivity index (χ3v) is 3.71. The van der Waals surface area contributed by atoms with Gasteiger partial charge in [-0.25, -0.2) is 0 Å². The van der Waals surface area contributed by atoms with Gasteiger partial charge >= 0.3 is 0 Å². The smallest absolute Gasteiger partial charge is 0.0441 e. The van der Waals surface area contributed by atoms with E-state index in [1.54, 1.807) is 0 Å². The van der Waals surface area contributed by atoms with Crippen LogP contribution in [0, 0.1) is 0 Å². The molecule has 1 aromatic rings. The van der Waals surface area contributed by atoms with E-state index < -0.39 is 0 Å². The lowest BCUT2D eigenvalue weighted by Crippen LogP contribution is -2.35. The summed E-state index contributed by atoms with van der Waals surface area (Å²) in [6.45, 7) is 1.81. The van der Waals surface area contributed by atoms with Crippen molar-refractivity contribution in [2.45, 2.75) is 18.4 Å². The maximum Gasteiger partial charge on any atom is 0.0441 e. The number of likely N-dealkylation sites (tertiary alicyclic amines) is 1. The van der Waals surface area contributed by atoms with Crippen molar-refractivity contribution in [3.8, 4) is 0 Å². The fraction of sp³-hybridized carbons (Fsp3) is 0.500. The normalized spacial score (nSPS) is 27.1. The molecule has 2 rings (SSSR count). The minimum Gasteiger partial charge on any atom is -0.329 e. The van der Waals surface area contributed by atoms with Crippen LogP contribution in [0.5, 0.6) is 0 Å². The number of hydrogen-bond acceptors (Lipinski definition) is 2. The van der Waals surface area contributed by atoms with Gasteiger partial charge < -0.3 is 10.6 Å². The van der Waals surface area contributed by atoms with Gasteiger partial charge in [0.15, 0.2) is 0 Å². The fourth-order valence-corrected chi connectivity index (χ4v) is 2.77. The number of nitrogens with zero attached hydrogens (tertiary/aromatic N) is 1. The van der Waals surface area contributed by atoms with Gasteiger partial charge in [0, 0.05) is 23.5 Å². The van der Waals surface area contributed by atoms with Crippen LogP contribution >= 0.6 is 11.6 Å². The summed E-state index contributed by atoms with van der Waals surface area (Å²) >= 11 is 6.21. The molecule has 1 aliphatic rings. The number of likely N-dealkylation sites (N-methyl/N-ethyl adjacent to an activating group) is 1. The summed E-state index contributed by atoms with van der Waals surface area (Å²) in [5.74, 6) is 0.494. The first-order valence-corrected chi connectivity index (χ1v) is 5.76. The van der Waals surface area contributed by atoms with Crippen LogP contribution in [-0.4, -0.2) is 31.1 Å². The number of nitrogens with two attached hydrogens (primary N) is 1. The second-order valence-electron chi connectivity index (χ2n) is 4.20. The first-order valence-electron chi connectivity index (χ1n) is 5.38. The van der Waals surface area contributed by atoms with E-state index in [-0.39, 0.29) is 0 Å². The molecule has 2 nitrogen and oxygen atoms in total. The van der Waals surface area contributed by atoms with E-state index in [9.17, 15) is 0 Å². The van der Waals surface area contributed by atoms with E-state index in [0.717, 1.165) is 18.0 Å². The van der Waals surface area contributed by atoms with E-state index in [0.29, 0.717) is 18.5 Å². The molecule has 82 valence electrons. The summed E-state index contributed by atoms with van der Waals surface area (Å²) in [6, 6.07) is 8.54. The molecule has 0 spiro atoms. The third kappa shape index (κ3) is 2.03. The van der Waals surface area contributed by atoms with Gasteiger partial charge in [-0.05, 0) is 31.6 Å². The molecule has 0 saturated carbocycles. The van der Waals surface area contributed by atoms with E-state index in [4.69, 9.17) is 17.3 Å². The molecule has 0 aliphatic carbocycles. The third-order valence-electron chi connectivity index (χ3n) is 3.37. The van der Waals surface area contributed by atoms with Crippen LogP contribution < -0.4 is 5.73 Å². The molecule has 0 aromatic heterocycles. The first kappa shape index (κ1) is 10.9. The predicted molar refractivity (Wildman–Crippen MR) is 64.3 cm³/mol. The average molecular weight is 225 g/mol. The summed E-state index contributed by atoms with van der Waals surface area (Å²) in [7, 11) is 2.13. The van der Waals surface area contributed by atoms with Gasteiger partial charge in [-0.1, -0.05) is 29.8 Å². The van der Waals surface area contributed by atoms with Crippen LogP contribution in [0.25, 0.3) is 0 Å². The molecule has 2 N–H and O–H groups in total. The van der Waals surface area contributed by atoms with E-state index in [1.807, 2.05) is 18.2 Å². The van der Waals surface area contributed by atoms with Crippen molar-refractivity contribution in [1.82, 2.24) is 4.90 Å². The Morgan fingerprint density at radius 2 is 2.20 bits per heavy atom. The van der Waals surface area contributed by atoms with Crippen LogP contribution in [0.1, 0.15) is 17.9 Å². The Balaban J connectivity index is 2.28. The van der Waals surface area contributed by atoms with Crippen LogP contribution in [0.2, 0.25) is 5.02 Å². The van der Waals surface area contributed by atoms with Gasteiger partial charge in [0.25, 0.3) is 0 Å². The highest BCUT2D eigenvalue weighted by Crippen LogP contribution is 2.35. The van der Waals surface area contributed by atoms with Crippen molar-refractivity contribution in [3.05, 3.63) is 34.9 Å². The zero-order valence-corrected chi connectivity index (χ0v) is 9.74. The highest BCUT2D eigenvalue weighted by atomic mass is 35.5. The zero-order chi connectivity index (χ0) is 10.8. The van der Waals surface area contributed by atoms with Gasteiger partial charge in [0.2, 0.25) is 0 Å². The molecule has 1 fully saturated rings. The fourth-order valence-electron chi connectivity index (χ4n) is 2.49. The summed E-state index contributed by atoms with van der Waals surface area (Å²) in [4.78, 5) is 2.33. The molecular weight excluding hydrogens is 208 g/mol. The Morgan fingerprint density at radius 1 is 1.47 bits per heavy atom. The quantitative estimate of drug-likeness (QED) is 0.834. The van der Waals surface area contributed by atoms with Crippen molar-refractivity contribution in [1.29, 1.82) is 0 Å². The van der Waals surface area contributed by atoms with E-state index in [2.05, 4.69) is 18.0 Å². The predicted octanol–water partition coefficient (Wildman–Crippen LogP) is 2.09. The van der Waals surface area contributed by atoms with Crippen molar-refractivity contribution in [2.24, 2.45) is 5.73 Å². The Bertz CT molecular complexity index is 340. The van der Waals surface area contributed by atoms with Crippen molar-refractivity contribution in [3.63, 3.8) is 0 Å². The monoisotopic (exact) mass is 224 g/mol. The maximum absolute atomic E-state index is 6.21. The Labute approximate surface area is 96.0 Å². The largest absolute Gasteiger partial charge is 0.329 e. The first-order chi connectivity index (χ1) is 7.24. The topological polar surface area (TPSA) is 29.3 Å². The number of rotatable bonds is 2. The van der Waals surface area contributed by atoms with E-state index >= 15 is 0 Å². The van der Waals surface area contributed by atoms with Crippen LogP contribution in [0.3, 0.4) is 0 Å². The second kappa shape index (κ2) is 4.52. The molecular formula is C12H17ClN2. The molecule has 3 heteroatoms. The molecule has 1 aromatic carbocycles. The van der Waals surface area contributed by atoms with Gasteiger partial charge in [-0.3, -0.25) is 0 Å². The van der Waals surface area contributed by atoms with Crippen LogP contribution in [-0.2, 0) is 0 Å². The van der Waals surface area contributed by atoms with Gasteiger partial charge in [0.1, 0.15) is 0 Å². The molecule has 0 amide bonds. The maximum atomic E-state index is 6.21. The summed E-state index contributed by atoms with van der Waals surface area (Å²) in [6.07, 6.45) is 1.15. The number of halogens is 1. The molecule has 1 aliphatic heterocycles. The lowest BCUT2D eigenvalue weighted by molar-refractivity contribution is 0.304.